The molecular weight excluding hydrogens is 274 g/mol. The lowest BCUT2D eigenvalue weighted by Crippen LogP contribution is -2.36. The van der Waals surface area contributed by atoms with E-state index in [0.29, 0.717) is 0 Å². The van der Waals surface area contributed by atoms with Gasteiger partial charge in [0.15, 0.2) is 0 Å². The van der Waals surface area contributed by atoms with Gasteiger partial charge in [0.05, 0.1) is 12.0 Å². The molecule has 22 heavy (non-hydrogen) atoms. The molecule has 1 amide bonds. The number of aryl methyl sites for hydroxylation is 2. The Hall–Kier alpha value is -1.84. The van der Waals surface area contributed by atoms with Crippen LogP contribution < -0.4 is 0 Å². The summed E-state index contributed by atoms with van der Waals surface area (Å²) >= 11 is 0. The lowest BCUT2D eigenvalue weighted by Gasteiger charge is -2.27. The average Bonchev–Trinajstić information content (AvgIpc) is 2.55. The molecular formula is C18H27N3O. The van der Waals surface area contributed by atoms with E-state index >= 15 is 0 Å². The molecule has 4 nitrogen and oxygen atoms in total. The third-order valence-electron chi connectivity index (χ3n) is 4.31. The van der Waals surface area contributed by atoms with E-state index in [1.54, 1.807) is 0 Å². The van der Waals surface area contributed by atoms with Crippen molar-refractivity contribution in [3.05, 3.63) is 28.8 Å². The normalized spacial score (nSPS) is 15.4. The first-order chi connectivity index (χ1) is 10.5. The molecule has 0 saturated carbocycles. The second-order valence-corrected chi connectivity index (χ2v) is 6.12. The van der Waals surface area contributed by atoms with Crippen molar-refractivity contribution in [2.75, 3.05) is 26.7 Å². The molecule has 1 saturated heterocycles. The highest BCUT2D eigenvalue weighted by atomic mass is 16.2. The van der Waals surface area contributed by atoms with Gasteiger partial charge in [0.1, 0.15) is 0 Å². The lowest BCUT2D eigenvalue weighted by molar-refractivity contribution is 0.0723. The minimum atomic E-state index is 0.168. The Morgan fingerprint density at radius 2 is 1.91 bits per heavy atom. The Kier molecular flexibility index (Phi) is 5.58. The number of carbonyl (C=O) groups excluding carboxylic acids is 1. The number of rotatable bonds is 4. The van der Waals surface area contributed by atoms with Gasteiger partial charge in [-0.2, -0.15) is 0 Å². The fraction of sp³-hybridized carbons (Fsp3) is 0.556. The van der Waals surface area contributed by atoms with E-state index in [2.05, 4.69) is 11.9 Å². The average molecular weight is 301 g/mol. The number of likely N-dealkylation sites (tertiary alicyclic amines) is 1. The SMILES string of the molecule is CCN(C)C=Nc1cc(C)c(C(=O)N2CCCCC2)cc1C. The van der Waals surface area contributed by atoms with E-state index in [1.165, 1.54) is 6.42 Å². The fourth-order valence-corrected chi connectivity index (χ4v) is 2.68. The molecule has 1 aromatic carbocycles. The Balaban J connectivity index is 2.22. The third-order valence-corrected chi connectivity index (χ3v) is 4.31. The van der Waals surface area contributed by atoms with Gasteiger partial charge in [-0.05, 0) is 63.3 Å². The van der Waals surface area contributed by atoms with Crippen molar-refractivity contribution < 1.29 is 4.79 Å². The Morgan fingerprint density at radius 1 is 1.23 bits per heavy atom. The largest absolute Gasteiger partial charge is 0.366 e. The zero-order chi connectivity index (χ0) is 16.1. The van der Waals surface area contributed by atoms with E-state index in [9.17, 15) is 4.79 Å². The summed E-state index contributed by atoms with van der Waals surface area (Å²) < 4.78 is 0. The number of hydrogen-bond acceptors (Lipinski definition) is 2. The van der Waals surface area contributed by atoms with Crippen LogP contribution in [0.4, 0.5) is 5.69 Å². The van der Waals surface area contributed by atoms with Crippen LogP contribution in [0.3, 0.4) is 0 Å². The lowest BCUT2D eigenvalue weighted by atomic mass is 10.0. The second kappa shape index (κ2) is 7.43. The van der Waals surface area contributed by atoms with Gasteiger partial charge in [-0.1, -0.05) is 0 Å². The highest BCUT2D eigenvalue weighted by molar-refractivity contribution is 5.96. The molecule has 0 N–H and O–H groups in total. The number of piperidine rings is 1. The quantitative estimate of drug-likeness (QED) is 0.630. The summed E-state index contributed by atoms with van der Waals surface area (Å²) in [5.41, 5.74) is 3.81. The predicted octanol–water partition coefficient (Wildman–Crippen LogP) is 3.54. The van der Waals surface area contributed by atoms with Crippen LogP contribution in [0, 0.1) is 13.8 Å². The highest BCUT2D eigenvalue weighted by Crippen LogP contribution is 2.25. The molecule has 0 aliphatic carbocycles. The summed E-state index contributed by atoms with van der Waals surface area (Å²) in [6, 6.07) is 4.01. The minimum absolute atomic E-state index is 0.168. The van der Waals surface area contributed by atoms with Crippen LogP contribution in [-0.4, -0.2) is 48.7 Å². The maximum Gasteiger partial charge on any atom is 0.254 e. The summed E-state index contributed by atoms with van der Waals surface area (Å²) in [5.74, 6) is 0.168. The fourth-order valence-electron chi connectivity index (χ4n) is 2.68. The van der Waals surface area contributed by atoms with Crippen molar-refractivity contribution in [2.45, 2.75) is 40.0 Å². The van der Waals surface area contributed by atoms with Crippen LogP contribution >= 0.6 is 0 Å². The number of aliphatic imine (C=N–C) groups is 1. The first kappa shape index (κ1) is 16.5. The molecule has 4 heteroatoms. The van der Waals surface area contributed by atoms with Crippen LogP contribution in [0.25, 0.3) is 0 Å². The summed E-state index contributed by atoms with van der Waals surface area (Å²) in [6.45, 7) is 8.80. The number of benzene rings is 1. The van der Waals surface area contributed by atoms with Gasteiger partial charge in [-0.15, -0.1) is 0 Å². The second-order valence-electron chi connectivity index (χ2n) is 6.12. The molecule has 1 aromatic rings. The molecule has 2 rings (SSSR count). The molecule has 1 aliphatic rings. The number of amides is 1. The van der Waals surface area contributed by atoms with Crippen LogP contribution in [0.1, 0.15) is 47.7 Å². The van der Waals surface area contributed by atoms with Gasteiger partial charge in [-0.25, -0.2) is 4.99 Å². The van der Waals surface area contributed by atoms with Crippen molar-refractivity contribution in [3.63, 3.8) is 0 Å². The van der Waals surface area contributed by atoms with Gasteiger partial charge in [0.25, 0.3) is 5.91 Å². The van der Waals surface area contributed by atoms with E-state index in [-0.39, 0.29) is 5.91 Å². The highest BCUT2D eigenvalue weighted by Gasteiger charge is 2.20. The Morgan fingerprint density at radius 3 is 2.55 bits per heavy atom. The number of nitrogens with zero attached hydrogens (tertiary/aromatic N) is 3. The smallest absolute Gasteiger partial charge is 0.254 e. The molecule has 0 unspecified atom stereocenters. The predicted molar refractivity (Wildman–Crippen MR) is 92.1 cm³/mol. The van der Waals surface area contributed by atoms with Crippen LogP contribution in [0.15, 0.2) is 17.1 Å². The molecule has 120 valence electrons. The molecule has 0 atom stereocenters. The molecule has 1 fully saturated rings. The van der Waals surface area contributed by atoms with Crippen molar-refractivity contribution in [1.82, 2.24) is 9.80 Å². The summed E-state index contributed by atoms with van der Waals surface area (Å²) in [6.07, 6.45) is 5.32. The van der Waals surface area contributed by atoms with E-state index in [4.69, 9.17) is 0 Å². The molecule has 0 radical (unpaired) electrons. The number of hydrogen-bond donors (Lipinski definition) is 0. The van der Waals surface area contributed by atoms with Crippen LogP contribution in [-0.2, 0) is 0 Å². The van der Waals surface area contributed by atoms with E-state index < -0.39 is 0 Å². The molecule has 0 bridgehead atoms. The zero-order valence-electron chi connectivity index (χ0n) is 14.2. The van der Waals surface area contributed by atoms with Crippen LogP contribution in [0.5, 0.6) is 0 Å². The topological polar surface area (TPSA) is 35.9 Å². The molecule has 1 aliphatic heterocycles. The first-order valence-corrected chi connectivity index (χ1v) is 8.18. The standard InChI is InChI=1S/C18H27N3O/c1-5-20(4)13-19-17-12-14(2)16(11-15(17)3)18(22)21-9-7-6-8-10-21/h11-13H,5-10H2,1-4H3. The summed E-state index contributed by atoms with van der Waals surface area (Å²) in [7, 11) is 2.00. The Labute approximate surface area is 133 Å². The van der Waals surface area contributed by atoms with Crippen molar-refractivity contribution in [2.24, 2.45) is 4.99 Å². The number of carbonyl (C=O) groups is 1. The minimum Gasteiger partial charge on any atom is -0.366 e. The zero-order valence-corrected chi connectivity index (χ0v) is 14.2. The third kappa shape index (κ3) is 3.87. The van der Waals surface area contributed by atoms with Crippen molar-refractivity contribution >= 4 is 17.9 Å². The molecule has 0 spiro atoms. The maximum atomic E-state index is 12.7. The first-order valence-electron chi connectivity index (χ1n) is 8.18. The van der Waals surface area contributed by atoms with Gasteiger partial charge < -0.3 is 9.80 Å². The van der Waals surface area contributed by atoms with Gasteiger partial charge >= 0.3 is 0 Å². The van der Waals surface area contributed by atoms with E-state index in [1.807, 2.05) is 49.2 Å². The van der Waals surface area contributed by atoms with Gasteiger partial charge in [0.2, 0.25) is 0 Å². The molecule has 1 heterocycles. The van der Waals surface area contributed by atoms with Crippen LogP contribution in [0.2, 0.25) is 0 Å². The molecule has 0 aromatic heterocycles. The van der Waals surface area contributed by atoms with Crippen molar-refractivity contribution in [1.29, 1.82) is 0 Å². The van der Waals surface area contributed by atoms with Crippen molar-refractivity contribution in [3.8, 4) is 0 Å². The maximum absolute atomic E-state index is 12.7. The summed E-state index contributed by atoms with van der Waals surface area (Å²) in [5, 5.41) is 0. The van der Waals surface area contributed by atoms with E-state index in [0.717, 1.165) is 54.9 Å². The monoisotopic (exact) mass is 301 g/mol. The van der Waals surface area contributed by atoms with Gasteiger partial charge in [-0.3, -0.25) is 4.79 Å². The summed E-state index contributed by atoms with van der Waals surface area (Å²) in [4.78, 5) is 21.2. The Bertz CT molecular complexity index is 560. The van der Waals surface area contributed by atoms with Gasteiger partial charge in [0, 0.05) is 32.2 Å².